The fraction of sp³-hybridized carbons (Fsp3) is 0.417. The van der Waals surface area contributed by atoms with Gasteiger partial charge < -0.3 is 15.8 Å². The third kappa shape index (κ3) is 5.60. The Kier molecular flexibility index (Phi) is 5.17. The van der Waals surface area contributed by atoms with Crippen LogP contribution in [0, 0.1) is 5.92 Å². The second-order valence-electron chi connectivity index (χ2n) is 4.12. The van der Waals surface area contributed by atoms with Crippen LogP contribution < -0.4 is 15.8 Å². The van der Waals surface area contributed by atoms with Gasteiger partial charge in [-0.15, -0.1) is 13.2 Å². The van der Waals surface area contributed by atoms with Crippen LogP contribution in [0.4, 0.5) is 13.2 Å². The topological polar surface area (TPSA) is 64.3 Å². The van der Waals surface area contributed by atoms with Crippen LogP contribution in [0.15, 0.2) is 24.3 Å². The highest BCUT2D eigenvalue weighted by Gasteiger charge is 2.31. The Hall–Kier alpha value is -1.76. The maximum Gasteiger partial charge on any atom is 0.573 e. The minimum Gasteiger partial charge on any atom is -0.406 e. The number of alkyl halides is 3. The van der Waals surface area contributed by atoms with Gasteiger partial charge in [0, 0.05) is 12.1 Å². The first-order chi connectivity index (χ1) is 8.81. The van der Waals surface area contributed by atoms with Gasteiger partial charge in [0.2, 0.25) is 0 Å². The minimum absolute atomic E-state index is 0.136. The average molecular weight is 276 g/mol. The van der Waals surface area contributed by atoms with Crippen molar-refractivity contribution in [1.82, 2.24) is 5.32 Å². The molecular formula is C12H15F3N2O2. The summed E-state index contributed by atoms with van der Waals surface area (Å²) in [5, 5.41) is 2.64. The van der Waals surface area contributed by atoms with E-state index in [1.807, 2.05) is 6.92 Å². The van der Waals surface area contributed by atoms with Crippen molar-refractivity contribution in [2.24, 2.45) is 11.7 Å². The summed E-state index contributed by atoms with van der Waals surface area (Å²) in [7, 11) is 0. The lowest BCUT2D eigenvalue weighted by Gasteiger charge is -2.11. The van der Waals surface area contributed by atoms with E-state index in [-0.39, 0.29) is 23.1 Å². The van der Waals surface area contributed by atoms with Crippen molar-refractivity contribution in [3.8, 4) is 5.75 Å². The monoisotopic (exact) mass is 276 g/mol. The first-order valence-electron chi connectivity index (χ1n) is 5.66. The number of carbonyl (C=O) groups is 1. The summed E-state index contributed by atoms with van der Waals surface area (Å²) < 4.78 is 39.5. The molecule has 7 heteroatoms. The van der Waals surface area contributed by atoms with Crippen molar-refractivity contribution in [2.45, 2.75) is 13.3 Å². The highest BCUT2D eigenvalue weighted by Crippen LogP contribution is 2.22. The number of carbonyl (C=O) groups excluding carboxylic acids is 1. The van der Waals surface area contributed by atoms with Gasteiger partial charge in [0.1, 0.15) is 5.75 Å². The number of amides is 1. The van der Waals surface area contributed by atoms with E-state index in [0.29, 0.717) is 13.1 Å². The fourth-order valence-corrected chi connectivity index (χ4v) is 1.26. The number of hydrogen-bond acceptors (Lipinski definition) is 3. The van der Waals surface area contributed by atoms with Gasteiger partial charge in [-0.25, -0.2) is 0 Å². The molecule has 0 bridgehead atoms. The van der Waals surface area contributed by atoms with E-state index >= 15 is 0 Å². The lowest BCUT2D eigenvalue weighted by Crippen LogP contribution is -2.31. The van der Waals surface area contributed by atoms with Gasteiger partial charge in [-0.05, 0) is 36.7 Å². The maximum atomic E-state index is 11.9. The quantitative estimate of drug-likeness (QED) is 0.863. The summed E-state index contributed by atoms with van der Waals surface area (Å²) in [4.78, 5) is 11.6. The van der Waals surface area contributed by atoms with Gasteiger partial charge in [-0.1, -0.05) is 6.92 Å². The van der Waals surface area contributed by atoms with E-state index < -0.39 is 6.36 Å². The molecule has 1 atom stereocenters. The van der Waals surface area contributed by atoms with Gasteiger partial charge in [0.15, 0.2) is 0 Å². The van der Waals surface area contributed by atoms with E-state index in [4.69, 9.17) is 5.73 Å². The maximum absolute atomic E-state index is 11.9. The molecule has 0 aliphatic carbocycles. The third-order valence-electron chi connectivity index (χ3n) is 2.36. The van der Waals surface area contributed by atoms with Crippen molar-refractivity contribution < 1.29 is 22.7 Å². The predicted octanol–water partition coefficient (Wildman–Crippen LogP) is 1.91. The molecule has 1 aromatic rings. The Labute approximate surface area is 108 Å². The molecule has 0 aliphatic heterocycles. The number of halogens is 3. The SMILES string of the molecule is CC(CN)CNC(=O)c1ccc(OC(F)(F)F)cc1. The molecule has 1 aromatic carbocycles. The van der Waals surface area contributed by atoms with Crippen LogP contribution in [0.5, 0.6) is 5.75 Å². The lowest BCUT2D eigenvalue weighted by molar-refractivity contribution is -0.274. The summed E-state index contributed by atoms with van der Waals surface area (Å²) in [5.74, 6) is -0.588. The van der Waals surface area contributed by atoms with Crippen molar-refractivity contribution in [2.75, 3.05) is 13.1 Å². The van der Waals surface area contributed by atoms with E-state index in [0.717, 1.165) is 12.1 Å². The molecule has 106 valence electrons. The summed E-state index contributed by atoms with van der Waals surface area (Å²) in [6.07, 6.45) is -4.74. The van der Waals surface area contributed by atoms with Gasteiger partial charge in [-0.3, -0.25) is 4.79 Å². The van der Waals surface area contributed by atoms with Crippen molar-refractivity contribution >= 4 is 5.91 Å². The van der Waals surface area contributed by atoms with Crippen LogP contribution in [0.2, 0.25) is 0 Å². The van der Waals surface area contributed by atoms with Crippen molar-refractivity contribution in [3.63, 3.8) is 0 Å². The molecule has 0 saturated heterocycles. The highest BCUT2D eigenvalue weighted by molar-refractivity contribution is 5.94. The minimum atomic E-state index is -4.74. The molecule has 0 heterocycles. The van der Waals surface area contributed by atoms with Crippen molar-refractivity contribution in [1.29, 1.82) is 0 Å². The third-order valence-corrected chi connectivity index (χ3v) is 2.36. The molecule has 1 amide bonds. The molecule has 0 fully saturated rings. The molecular weight excluding hydrogens is 261 g/mol. The molecule has 0 radical (unpaired) electrons. The largest absolute Gasteiger partial charge is 0.573 e. The number of nitrogens with one attached hydrogen (secondary N) is 1. The molecule has 3 N–H and O–H groups in total. The number of hydrogen-bond donors (Lipinski definition) is 2. The van der Waals surface area contributed by atoms with Crippen LogP contribution in [0.1, 0.15) is 17.3 Å². The van der Waals surface area contributed by atoms with E-state index in [9.17, 15) is 18.0 Å². The number of rotatable bonds is 5. The molecule has 0 saturated carbocycles. The zero-order valence-electron chi connectivity index (χ0n) is 10.3. The first-order valence-corrected chi connectivity index (χ1v) is 5.66. The van der Waals surface area contributed by atoms with Gasteiger partial charge >= 0.3 is 6.36 Å². The Bertz CT molecular complexity index is 418. The molecule has 0 aromatic heterocycles. The zero-order chi connectivity index (χ0) is 14.5. The molecule has 1 rings (SSSR count). The fourth-order valence-electron chi connectivity index (χ4n) is 1.26. The summed E-state index contributed by atoms with van der Waals surface area (Å²) in [5.41, 5.74) is 5.66. The number of nitrogens with two attached hydrogens (primary N) is 1. The average Bonchev–Trinajstić information content (AvgIpc) is 2.34. The predicted molar refractivity (Wildman–Crippen MR) is 63.7 cm³/mol. The smallest absolute Gasteiger partial charge is 0.406 e. The number of ether oxygens (including phenoxy) is 1. The van der Waals surface area contributed by atoms with Crippen LogP contribution in [0.3, 0.4) is 0 Å². The van der Waals surface area contributed by atoms with E-state index in [2.05, 4.69) is 10.1 Å². The van der Waals surface area contributed by atoms with Crippen molar-refractivity contribution in [3.05, 3.63) is 29.8 Å². The van der Waals surface area contributed by atoms with E-state index in [1.165, 1.54) is 12.1 Å². The number of benzene rings is 1. The van der Waals surface area contributed by atoms with Crippen LogP contribution >= 0.6 is 0 Å². The first kappa shape index (κ1) is 15.3. The Morgan fingerprint density at radius 2 is 1.95 bits per heavy atom. The van der Waals surface area contributed by atoms with Crippen LogP contribution in [0.25, 0.3) is 0 Å². The molecule has 0 spiro atoms. The van der Waals surface area contributed by atoms with Gasteiger partial charge in [0.25, 0.3) is 5.91 Å². The normalized spacial score (nSPS) is 12.9. The lowest BCUT2D eigenvalue weighted by atomic mass is 10.1. The summed E-state index contributed by atoms with van der Waals surface area (Å²) in [6, 6.07) is 4.72. The Balaban J connectivity index is 2.58. The van der Waals surface area contributed by atoms with Gasteiger partial charge in [-0.2, -0.15) is 0 Å². The summed E-state index contributed by atoms with van der Waals surface area (Å²) >= 11 is 0. The standard InChI is InChI=1S/C12H15F3N2O2/c1-8(6-16)7-17-11(18)9-2-4-10(5-3-9)19-12(13,14)15/h2-5,8H,6-7,16H2,1H3,(H,17,18). The summed E-state index contributed by atoms with van der Waals surface area (Å²) in [6.45, 7) is 2.73. The zero-order valence-corrected chi connectivity index (χ0v) is 10.3. The highest BCUT2D eigenvalue weighted by atomic mass is 19.4. The molecule has 0 aliphatic rings. The Morgan fingerprint density at radius 3 is 2.42 bits per heavy atom. The molecule has 19 heavy (non-hydrogen) atoms. The van der Waals surface area contributed by atoms with Gasteiger partial charge in [0.05, 0.1) is 0 Å². The molecule has 4 nitrogen and oxygen atoms in total. The van der Waals surface area contributed by atoms with Crippen LogP contribution in [-0.4, -0.2) is 25.4 Å². The second kappa shape index (κ2) is 6.42. The second-order valence-corrected chi connectivity index (χ2v) is 4.12. The van der Waals surface area contributed by atoms with Crippen LogP contribution in [-0.2, 0) is 0 Å². The molecule has 1 unspecified atom stereocenters. The van der Waals surface area contributed by atoms with E-state index in [1.54, 1.807) is 0 Å². The Morgan fingerprint density at radius 1 is 1.37 bits per heavy atom.